The molecule has 0 saturated carbocycles. The quantitative estimate of drug-likeness (QED) is 0.786. The Morgan fingerprint density at radius 2 is 1.96 bits per heavy atom. The maximum absolute atomic E-state index is 12.6. The van der Waals surface area contributed by atoms with Crippen LogP contribution in [0, 0.1) is 26.7 Å². The van der Waals surface area contributed by atoms with Gasteiger partial charge in [0.05, 0.1) is 12.9 Å². The van der Waals surface area contributed by atoms with E-state index < -0.39 is 0 Å². The molecule has 0 bridgehead atoms. The zero-order chi connectivity index (χ0) is 19.4. The van der Waals surface area contributed by atoms with Gasteiger partial charge in [0.1, 0.15) is 6.54 Å². The van der Waals surface area contributed by atoms with E-state index in [0.717, 1.165) is 18.4 Å². The van der Waals surface area contributed by atoms with Crippen molar-refractivity contribution in [3.8, 4) is 6.01 Å². The normalized spacial score (nSPS) is 17.0. The summed E-state index contributed by atoms with van der Waals surface area (Å²) in [7, 11) is 0. The van der Waals surface area contributed by atoms with Crippen molar-refractivity contribution < 1.29 is 9.53 Å². The molecule has 1 aliphatic rings. The summed E-state index contributed by atoms with van der Waals surface area (Å²) in [4.78, 5) is 39.2. The molecule has 1 unspecified atom stereocenters. The third-order valence-electron chi connectivity index (χ3n) is 4.90. The molecule has 8 heteroatoms. The minimum Gasteiger partial charge on any atom is -0.463 e. The standard InChI is InChI=1S/C19H25N5O3/c1-13-7-20-19(21-8-13)27-11-16-5-4-6-23(9-16)17(25)10-24-12-22-15(3)14(2)18(24)26/h7-8,12,16H,4-6,9-11H2,1-3H3. The van der Waals surface area contributed by atoms with Crippen molar-refractivity contribution in [3.05, 3.63) is 45.9 Å². The molecule has 8 nitrogen and oxygen atoms in total. The lowest BCUT2D eigenvalue weighted by molar-refractivity contribution is -0.134. The lowest BCUT2D eigenvalue weighted by Crippen LogP contribution is -2.44. The topological polar surface area (TPSA) is 90.2 Å². The Morgan fingerprint density at radius 3 is 2.70 bits per heavy atom. The number of nitrogens with zero attached hydrogens (tertiary/aromatic N) is 5. The largest absolute Gasteiger partial charge is 0.463 e. The SMILES string of the molecule is Cc1cnc(OCC2CCCN(C(=O)Cn3cnc(C)c(C)c3=O)C2)nc1. The van der Waals surface area contributed by atoms with Gasteiger partial charge < -0.3 is 9.64 Å². The molecule has 0 spiro atoms. The van der Waals surface area contributed by atoms with Crippen LogP contribution in [0.5, 0.6) is 6.01 Å². The Balaban J connectivity index is 1.57. The Kier molecular flexibility index (Phi) is 5.83. The number of likely N-dealkylation sites (tertiary alicyclic amines) is 1. The van der Waals surface area contributed by atoms with Crippen molar-refractivity contribution in [2.24, 2.45) is 5.92 Å². The molecule has 2 aromatic rings. The number of aromatic nitrogens is 4. The number of aryl methyl sites for hydroxylation is 2. The zero-order valence-corrected chi connectivity index (χ0v) is 16.0. The molecule has 1 aliphatic heterocycles. The lowest BCUT2D eigenvalue weighted by atomic mass is 9.99. The predicted molar refractivity (Wildman–Crippen MR) is 99.5 cm³/mol. The Labute approximate surface area is 158 Å². The Hall–Kier alpha value is -2.77. The van der Waals surface area contributed by atoms with E-state index in [1.54, 1.807) is 31.1 Å². The van der Waals surface area contributed by atoms with Crippen LogP contribution in [0.1, 0.15) is 29.7 Å². The van der Waals surface area contributed by atoms with Crippen molar-refractivity contribution in [1.29, 1.82) is 0 Å². The van der Waals surface area contributed by atoms with Crippen LogP contribution < -0.4 is 10.3 Å². The Morgan fingerprint density at radius 1 is 1.22 bits per heavy atom. The van der Waals surface area contributed by atoms with E-state index in [1.165, 1.54) is 10.9 Å². The summed E-state index contributed by atoms with van der Waals surface area (Å²) in [5.41, 5.74) is 2.09. The van der Waals surface area contributed by atoms with E-state index in [9.17, 15) is 9.59 Å². The molecule has 3 rings (SSSR count). The minimum atomic E-state index is -0.163. The van der Waals surface area contributed by atoms with Crippen molar-refractivity contribution in [3.63, 3.8) is 0 Å². The maximum Gasteiger partial charge on any atom is 0.316 e. The fraction of sp³-hybridized carbons (Fsp3) is 0.526. The molecule has 1 atom stereocenters. The van der Waals surface area contributed by atoms with Crippen LogP contribution in [0.2, 0.25) is 0 Å². The second-order valence-corrected chi connectivity index (χ2v) is 7.09. The van der Waals surface area contributed by atoms with Gasteiger partial charge in [-0.05, 0) is 39.2 Å². The fourth-order valence-electron chi connectivity index (χ4n) is 3.11. The Bertz CT molecular complexity index is 863. The summed E-state index contributed by atoms with van der Waals surface area (Å²) in [6.45, 7) is 7.23. The van der Waals surface area contributed by atoms with Crippen LogP contribution in [-0.4, -0.2) is 50.0 Å². The van der Waals surface area contributed by atoms with Crippen LogP contribution in [0.15, 0.2) is 23.5 Å². The van der Waals surface area contributed by atoms with Gasteiger partial charge in [-0.3, -0.25) is 14.2 Å². The molecule has 0 N–H and O–H groups in total. The van der Waals surface area contributed by atoms with Gasteiger partial charge >= 0.3 is 6.01 Å². The van der Waals surface area contributed by atoms with Gasteiger partial charge in [0.2, 0.25) is 5.91 Å². The number of carbonyl (C=O) groups is 1. The van der Waals surface area contributed by atoms with Gasteiger partial charge in [-0.25, -0.2) is 15.0 Å². The number of ether oxygens (including phenoxy) is 1. The molecule has 0 aliphatic carbocycles. The molecule has 0 radical (unpaired) electrons. The first kappa shape index (κ1) is 19.0. The second-order valence-electron chi connectivity index (χ2n) is 7.09. The van der Waals surface area contributed by atoms with E-state index in [4.69, 9.17) is 4.74 Å². The average molecular weight is 371 g/mol. The van der Waals surface area contributed by atoms with Crippen molar-refractivity contribution in [2.45, 2.75) is 40.2 Å². The van der Waals surface area contributed by atoms with E-state index in [2.05, 4.69) is 15.0 Å². The summed E-state index contributed by atoms with van der Waals surface area (Å²) in [5, 5.41) is 0. The average Bonchev–Trinajstić information content (AvgIpc) is 2.68. The first-order valence-electron chi connectivity index (χ1n) is 9.16. The first-order chi connectivity index (χ1) is 12.9. The van der Waals surface area contributed by atoms with Gasteiger partial charge in [0.15, 0.2) is 0 Å². The molecule has 1 amide bonds. The summed E-state index contributed by atoms with van der Waals surface area (Å²) < 4.78 is 7.05. The van der Waals surface area contributed by atoms with E-state index >= 15 is 0 Å². The third-order valence-corrected chi connectivity index (χ3v) is 4.90. The minimum absolute atomic E-state index is 0.0155. The van der Waals surface area contributed by atoms with Gasteiger partial charge in [-0.15, -0.1) is 0 Å². The van der Waals surface area contributed by atoms with Crippen LogP contribution >= 0.6 is 0 Å². The smallest absolute Gasteiger partial charge is 0.316 e. The van der Waals surface area contributed by atoms with Gasteiger partial charge in [-0.1, -0.05) is 0 Å². The number of hydrogen-bond donors (Lipinski definition) is 0. The third kappa shape index (κ3) is 4.69. The second kappa shape index (κ2) is 8.28. The maximum atomic E-state index is 12.6. The molecular formula is C19H25N5O3. The van der Waals surface area contributed by atoms with E-state index in [-0.39, 0.29) is 23.9 Å². The number of carbonyl (C=O) groups excluding carboxylic acids is 1. The van der Waals surface area contributed by atoms with Crippen LogP contribution in [0.25, 0.3) is 0 Å². The molecular weight excluding hydrogens is 346 g/mol. The molecule has 144 valence electrons. The summed E-state index contributed by atoms with van der Waals surface area (Å²) in [5.74, 6) is 0.153. The highest BCUT2D eigenvalue weighted by Crippen LogP contribution is 2.18. The summed E-state index contributed by atoms with van der Waals surface area (Å²) >= 11 is 0. The highest BCUT2D eigenvalue weighted by atomic mass is 16.5. The number of hydrogen-bond acceptors (Lipinski definition) is 6. The highest BCUT2D eigenvalue weighted by molar-refractivity contribution is 5.76. The highest BCUT2D eigenvalue weighted by Gasteiger charge is 2.25. The summed E-state index contributed by atoms with van der Waals surface area (Å²) in [6.07, 6.45) is 6.78. The molecule has 1 fully saturated rings. The molecule has 27 heavy (non-hydrogen) atoms. The number of rotatable bonds is 5. The van der Waals surface area contributed by atoms with Crippen molar-refractivity contribution in [2.75, 3.05) is 19.7 Å². The summed E-state index contributed by atoms with van der Waals surface area (Å²) in [6, 6.07) is 0.358. The zero-order valence-electron chi connectivity index (χ0n) is 16.0. The first-order valence-corrected chi connectivity index (χ1v) is 9.16. The van der Waals surface area contributed by atoms with Gasteiger partial charge in [-0.2, -0.15) is 0 Å². The fourth-order valence-corrected chi connectivity index (χ4v) is 3.11. The molecule has 3 heterocycles. The van der Waals surface area contributed by atoms with Crippen LogP contribution in [0.3, 0.4) is 0 Å². The van der Waals surface area contributed by atoms with E-state index in [1.807, 2.05) is 6.92 Å². The van der Waals surface area contributed by atoms with Crippen LogP contribution in [-0.2, 0) is 11.3 Å². The number of piperidine rings is 1. The van der Waals surface area contributed by atoms with Crippen molar-refractivity contribution in [1.82, 2.24) is 24.4 Å². The number of amides is 1. The predicted octanol–water partition coefficient (Wildman–Crippen LogP) is 1.28. The lowest BCUT2D eigenvalue weighted by Gasteiger charge is -2.32. The molecule has 0 aromatic carbocycles. The molecule has 1 saturated heterocycles. The van der Waals surface area contributed by atoms with Crippen molar-refractivity contribution >= 4 is 5.91 Å². The van der Waals surface area contributed by atoms with Gasteiger partial charge in [0, 0.05) is 42.7 Å². The van der Waals surface area contributed by atoms with Crippen LogP contribution in [0.4, 0.5) is 0 Å². The van der Waals surface area contributed by atoms with E-state index in [0.29, 0.717) is 37.0 Å². The van der Waals surface area contributed by atoms with Gasteiger partial charge in [0.25, 0.3) is 5.56 Å². The molecule has 2 aromatic heterocycles. The monoisotopic (exact) mass is 371 g/mol.